The first kappa shape index (κ1) is 27.2. The number of carboxylic acid groups (broad SMARTS) is 1. The van der Waals surface area contributed by atoms with Crippen molar-refractivity contribution in [3.8, 4) is 0 Å². The Hall–Kier alpha value is 0.0200. The Balaban J connectivity index is -0.00000264. The van der Waals surface area contributed by atoms with Crippen LogP contribution in [0.4, 0.5) is 0 Å². The normalized spacial score (nSPS) is 13.1. The van der Waals surface area contributed by atoms with E-state index in [2.05, 4.69) is 12.2 Å². The average molecular weight is 368 g/mol. The van der Waals surface area contributed by atoms with Crippen molar-refractivity contribution < 1.29 is 50.8 Å². The zero-order valence-corrected chi connectivity index (χ0v) is 18.2. The molecule has 144 valence electrons. The maximum absolute atomic E-state index is 12.3. The fourth-order valence-electron chi connectivity index (χ4n) is 2.76. The quantitative estimate of drug-likeness (QED) is 0.200. The van der Waals surface area contributed by atoms with Gasteiger partial charge in [0.05, 0.1) is 12.1 Å². The number of hydrogen-bond acceptors (Lipinski definition) is 5. The predicted molar refractivity (Wildman–Crippen MR) is 97.1 cm³/mol. The molecule has 5 N–H and O–H groups in total. The molecule has 0 heterocycles. The number of nitrogens with one attached hydrogen (secondary N) is 1. The smallest absolute Gasteiger partial charge is 1.00 e. The van der Waals surface area contributed by atoms with Gasteiger partial charge in [0.2, 0.25) is 0 Å². The molecule has 6 nitrogen and oxygen atoms in total. The number of Topliss-reactive ketones (excluding diaryl/α,β-unsaturated/α-hetero) is 1. The van der Waals surface area contributed by atoms with Gasteiger partial charge in [-0.3, -0.25) is 9.59 Å². The molecule has 0 aromatic rings. The minimum absolute atomic E-state index is 0. The summed E-state index contributed by atoms with van der Waals surface area (Å²) in [5.74, 6) is -1.09. The van der Waals surface area contributed by atoms with Gasteiger partial charge in [-0.2, -0.15) is 0 Å². The minimum atomic E-state index is -1.18. The Kier molecular flexibility index (Phi) is 19.0. The molecular weight excluding hydrogens is 331 g/mol. The van der Waals surface area contributed by atoms with E-state index < -0.39 is 11.5 Å². The third-order valence-corrected chi connectivity index (χ3v) is 4.34. The molecule has 0 bridgehead atoms. The number of carbonyl (C=O) groups excluding carboxylic acids is 1. The van der Waals surface area contributed by atoms with Gasteiger partial charge in [0.25, 0.3) is 0 Å². The van der Waals surface area contributed by atoms with Crippen LogP contribution in [0.5, 0.6) is 0 Å². The summed E-state index contributed by atoms with van der Waals surface area (Å²) in [6.45, 7) is 1.86. The van der Waals surface area contributed by atoms with E-state index in [-0.39, 0.29) is 62.9 Å². The summed E-state index contributed by atoms with van der Waals surface area (Å²) in [6, 6.07) is 0. The molecule has 0 aliphatic heterocycles. The van der Waals surface area contributed by atoms with Crippen LogP contribution in [0.1, 0.15) is 79.0 Å². The van der Waals surface area contributed by atoms with Crippen LogP contribution >= 0.6 is 0 Å². The zero-order valence-electron chi connectivity index (χ0n) is 17.2. The first-order valence-electron chi connectivity index (χ1n) is 9.32. The fraction of sp³-hybridized carbons (Fsp3) is 0.889. The second kappa shape index (κ2) is 17.4. The molecule has 0 aromatic carbocycles. The monoisotopic (exact) mass is 368 g/mol. The van der Waals surface area contributed by atoms with Crippen LogP contribution in [-0.2, 0) is 9.59 Å². The van der Waals surface area contributed by atoms with E-state index in [0.29, 0.717) is 6.42 Å². The maximum Gasteiger partial charge on any atom is 1.00 e. The molecule has 0 saturated heterocycles. The number of carboxylic acids is 1. The second-order valence-electron chi connectivity index (χ2n) is 6.63. The van der Waals surface area contributed by atoms with Gasteiger partial charge in [-0.15, -0.1) is 0 Å². The van der Waals surface area contributed by atoms with Gasteiger partial charge in [0.15, 0.2) is 5.78 Å². The fourth-order valence-corrected chi connectivity index (χ4v) is 2.76. The third kappa shape index (κ3) is 14.8. The van der Waals surface area contributed by atoms with Crippen molar-refractivity contribution in [1.82, 2.24) is 5.32 Å². The predicted octanol–water partition coefficient (Wildman–Crippen LogP) is -0.653. The molecule has 1 unspecified atom stereocenters. The van der Waals surface area contributed by atoms with E-state index in [1.54, 1.807) is 0 Å². The summed E-state index contributed by atoms with van der Waals surface area (Å²) in [6.07, 6.45) is 11.1. The summed E-state index contributed by atoms with van der Waals surface area (Å²) in [5.41, 5.74) is 4.91. The Bertz CT molecular complexity index is 362. The van der Waals surface area contributed by atoms with Crippen LogP contribution in [0.25, 0.3) is 0 Å². The number of aliphatic hydroxyl groups excluding tert-OH is 1. The summed E-state index contributed by atoms with van der Waals surface area (Å²) in [5, 5.41) is 20.4. The number of carbonyl (C=O) groups is 2. The molecule has 0 saturated carbocycles. The van der Waals surface area contributed by atoms with Crippen molar-refractivity contribution in [2.24, 2.45) is 5.73 Å². The van der Waals surface area contributed by atoms with Crippen molar-refractivity contribution in [3.63, 3.8) is 0 Å². The summed E-state index contributed by atoms with van der Waals surface area (Å²) in [7, 11) is 0. The van der Waals surface area contributed by atoms with Gasteiger partial charge in [-0.25, -0.2) is 0 Å². The largest absolute Gasteiger partial charge is 1.00 e. The minimum Gasteiger partial charge on any atom is -1.00 e. The van der Waals surface area contributed by atoms with Gasteiger partial charge in [0, 0.05) is 19.6 Å². The van der Waals surface area contributed by atoms with E-state index >= 15 is 0 Å². The SMILES string of the molecule is CCCCCCCCCCCC(=O)C(N)(CCO)CNCC(=O)O.[H-].[Na+]. The number of unbranched alkanes of at least 4 members (excludes halogenated alkanes) is 8. The number of nitrogens with two attached hydrogens (primary N) is 1. The Labute approximate surface area is 176 Å². The Morgan fingerprint density at radius 2 is 1.56 bits per heavy atom. The molecule has 0 spiro atoms. The Morgan fingerprint density at radius 1 is 1.04 bits per heavy atom. The topological polar surface area (TPSA) is 113 Å². The van der Waals surface area contributed by atoms with E-state index in [1.807, 2.05) is 0 Å². The molecule has 0 fully saturated rings. The van der Waals surface area contributed by atoms with Crippen molar-refractivity contribution in [1.29, 1.82) is 0 Å². The number of rotatable bonds is 17. The number of ketones is 1. The van der Waals surface area contributed by atoms with Gasteiger partial charge >= 0.3 is 35.5 Å². The molecule has 0 aromatic heterocycles. The molecule has 0 aliphatic rings. The van der Waals surface area contributed by atoms with Crippen molar-refractivity contribution in [3.05, 3.63) is 0 Å². The van der Waals surface area contributed by atoms with Crippen LogP contribution in [0.2, 0.25) is 0 Å². The molecule has 0 amide bonds. The van der Waals surface area contributed by atoms with Crippen LogP contribution in [0, 0.1) is 0 Å². The molecule has 0 rings (SSSR count). The molecule has 1 atom stereocenters. The van der Waals surface area contributed by atoms with Crippen LogP contribution < -0.4 is 40.6 Å². The van der Waals surface area contributed by atoms with Crippen LogP contribution in [0.15, 0.2) is 0 Å². The number of hydrogen-bond donors (Lipinski definition) is 4. The van der Waals surface area contributed by atoms with Gasteiger partial charge in [-0.1, -0.05) is 58.3 Å². The molecule has 0 aliphatic carbocycles. The third-order valence-electron chi connectivity index (χ3n) is 4.34. The first-order chi connectivity index (χ1) is 11.5. The summed E-state index contributed by atoms with van der Waals surface area (Å²) in [4.78, 5) is 22.8. The van der Waals surface area contributed by atoms with E-state index in [9.17, 15) is 9.59 Å². The first-order valence-corrected chi connectivity index (χ1v) is 9.32. The molecule has 25 heavy (non-hydrogen) atoms. The summed E-state index contributed by atoms with van der Waals surface area (Å²) >= 11 is 0. The molecule has 0 radical (unpaired) electrons. The van der Waals surface area contributed by atoms with E-state index in [1.165, 1.54) is 38.5 Å². The summed E-state index contributed by atoms with van der Waals surface area (Å²) < 4.78 is 0. The second-order valence-corrected chi connectivity index (χ2v) is 6.63. The average Bonchev–Trinajstić information content (AvgIpc) is 2.53. The van der Waals surface area contributed by atoms with Gasteiger partial charge in [-0.05, 0) is 12.8 Å². The number of aliphatic hydroxyl groups is 1. The molecule has 7 heteroatoms. The van der Waals surface area contributed by atoms with Crippen molar-refractivity contribution in [2.75, 3.05) is 19.7 Å². The van der Waals surface area contributed by atoms with Gasteiger partial charge < -0.3 is 22.7 Å². The van der Waals surface area contributed by atoms with Crippen molar-refractivity contribution >= 4 is 11.8 Å². The maximum atomic E-state index is 12.3. The standard InChI is InChI=1S/C18H36N2O4.Na.H/c1-2-3-4-5-6-7-8-9-10-11-16(22)18(19,12-13-21)15-20-14-17(23)24;;/h20-21H,2-15,19H2,1H3,(H,23,24);;/q;+1;-1. The Morgan fingerprint density at radius 3 is 2.04 bits per heavy atom. The van der Waals surface area contributed by atoms with E-state index in [0.717, 1.165) is 19.3 Å². The van der Waals surface area contributed by atoms with Crippen LogP contribution in [-0.4, -0.2) is 47.2 Å². The van der Waals surface area contributed by atoms with Gasteiger partial charge in [0.1, 0.15) is 0 Å². The van der Waals surface area contributed by atoms with Crippen LogP contribution in [0.3, 0.4) is 0 Å². The number of aliphatic carboxylic acids is 1. The van der Waals surface area contributed by atoms with Crippen molar-refractivity contribution in [2.45, 2.75) is 83.1 Å². The zero-order chi connectivity index (χ0) is 18.3. The van der Waals surface area contributed by atoms with E-state index in [4.69, 9.17) is 15.9 Å². The molecular formula is C18H37N2NaO4.